The average Bonchev–Trinajstić information content (AvgIpc) is 3.17. The van der Waals surface area contributed by atoms with Crippen LogP contribution in [0.5, 0.6) is 5.75 Å². The van der Waals surface area contributed by atoms with E-state index in [1.54, 1.807) is 19.1 Å². The molecule has 0 bridgehead atoms. The molecule has 1 aliphatic heterocycles. The molecule has 2 aromatic carbocycles. The van der Waals surface area contributed by atoms with Crippen LogP contribution in [0.1, 0.15) is 49.7 Å². The molecule has 31 heavy (non-hydrogen) atoms. The van der Waals surface area contributed by atoms with Gasteiger partial charge in [0, 0.05) is 45.6 Å². The number of hydrogen-bond donors (Lipinski definition) is 2. The molecule has 1 aliphatic rings. The molecule has 162 valence electrons. The average molecular weight is 440 g/mol. The van der Waals surface area contributed by atoms with Crippen molar-refractivity contribution in [1.82, 2.24) is 4.98 Å². The zero-order valence-corrected chi connectivity index (χ0v) is 18.1. The molecule has 1 aromatic heterocycles. The molecule has 3 aromatic rings. The number of allylic oxidation sites excluding steroid dienone is 2. The Balaban J connectivity index is 1.57. The summed E-state index contributed by atoms with van der Waals surface area (Å²) in [5.41, 5.74) is 2.59. The smallest absolute Gasteiger partial charge is 0.186 e. The van der Waals surface area contributed by atoms with E-state index < -0.39 is 6.29 Å². The highest BCUT2D eigenvalue weighted by molar-refractivity contribution is 6.31. The molecule has 0 unspecified atom stereocenters. The summed E-state index contributed by atoms with van der Waals surface area (Å²) in [6.07, 6.45) is 7.07. The molecule has 0 aliphatic carbocycles. The van der Waals surface area contributed by atoms with Crippen molar-refractivity contribution in [1.29, 1.82) is 0 Å². The number of para-hydroxylation sites is 1. The van der Waals surface area contributed by atoms with Gasteiger partial charge >= 0.3 is 0 Å². The summed E-state index contributed by atoms with van der Waals surface area (Å²) in [5.74, 6) is 0.426. The van der Waals surface area contributed by atoms with Crippen LogP contribution in [0.25, 0.3) is 10.9 Å². The third kappa shape index (κ3) is 5.01. The number of phenolic OH excluding ortho intramolecular Hbond substituents is 1. The van der Waals surface area contributed by atoms with Crippen molar-refractivity contribution < 1.29 is 19.4 Å². The number of aromatic hydroxyl groups is 1. The molecule has 6 heteroatoms. The van der Waals surface area contributed by atoms with E-state index in [-0.39, 0.29) is 23.6 Å². The van der Waals surface area contributed by atoms with Crippen LogP contribution in [0, 0.1) is 5.92 Å². The van der Waals surface area contributed by atoms with Crippen LogP contribution in [0.3, 0.4) is 0 Å². The lowest BCUT2D eigenvalue weighted by Crippen LogP contribution is -2.30. The zero-order valence-electron chi connectivity index (χ0n) is 17.4. The van der Waals surface area contributed by atoms with Gasteiger partial charge in [-0.2, -0.15) is 0 Å². The van der Waals surface area contributed by atoms with E-state index in [9.17, 15) is 9.90 Å². The molecule has 0 radical (unpaired) electrons. The Labute approximate surface area is 186 Å². The maximum Gasteiger partial charge on any atom is 0.186 e. The fraction of sp³-hybridized carbons (Fsp3) is 0.320. The van der Waals surface area contributed by atoms with E-state index in [0.717, 1.165) is 34.9 Å². The number of carbonyl (C=O) groups excluding carboxylic acids is 1. The predicted molar refractivity (Wildman–Crippen MR) is 121 cm³/mol. The number of H-pyrrole nitrogens is 1. The SMILES string of the molecule is CC(=O)CC/C=C\C[C@@H]1CO[C@H](c2c[nH]c3ccc(Cl)cc23)O[C@@H]1c1ccccc1O. The Morgan fingerprint density at radius 1 is 1.23 bits per heavy atom. The first-order valence-electron chi connectivity index (χ1n) is 10.5. The summed E-state index contributed by atoms with van der Waals surface area (Å²) in [7, 11) is 0. The van der Waals surface area contributed by atoms with Crippen molar-refractivity contribution in [2.24, 2.45) is 5.92 Å². The van der Waals surface area contributed by atoms with Gasteiger partial charge in [-0.3, -0.25) is 0 Å². The topological polar surface area (TPSA) is 71.6 Å². The van der Waals surface area contributed by atoms with E-state index in [2.05, 4.69) is 11.1 Å². The molecule has 2 heterocycles. The van der Waals surface area contributed by atoms with E-state index >= 15 is 0 Å². The van der Waals surface area contributed by atoms with Crippen LogP contribution in [0.4, 0.5) is 0 Å². The van der Waals surface area contributed by atoms with Crippen LogP contribution in [0.2, 0.25) is 5.02 Å². The van der Waals surface area contributed by atoms with Crippen LogP contribution < -0.4 is 0 Å². The number of fused-ring (bicyclic) bond motifs is 1. The number of phenols is 1. The first kappa shape index (κ1) is 21.6. The number of benzene rings is 2. The lowest BCUT2D eigenvalue weighted by Gasteiger charge is -2.36. The maximum absolute atomic E-state index is 11.1. The van der Waals surface area contributed by atoms with Crippen molar-refractivity contribution in [2.45, 2.75) is 38.6 Å². The molecular weight excluding hydrogens is 414 g/mol. The van der Waals surface area contributed by atoms with Crippen LogP contribution in [0.15, 0.2) is 60.8 Å². The first-order chi connectivity index (χ1) is 15.0. The quantitative estimate of drug-likeness (QED) is 0.427. The summed E-state index contributed by atoms with van der Waals surface area (Å²) < 4.78 is 12.5. The number of rotatable bonds is 7. The number of nitrogens with one attached hydrogen (secondary N) is 1. The lowest BCUT2D eigenvalue weighted by atomic mass is 9.91. The summed E-state index contributed by atoms with van der Waals surface area (Å²) in [6.45, 7) is 2.08. The largest absolute Gasteiger partial charge is 0.508 e. The summed E-state index contributed by atoms with van der Waals surface area (Å²) >= 11 is 6.20. The third-order valence-corrected chi connectivity index (χ3v) is 5.84. The fourth-order valence-corrected chi connectivity index (χ4v) is 4.15. The maximum atomic E-state index is 11.1. The van der Waals surface area contributed by atoms with Gasteiger partial charge in [-0.25, -0.2) is 0 Å². The highest BCUT2D eigenvalue weighted by atomic mass is 35.5. The van der Waals surface area contributed by atoms with Gasteiger partial charge in [0.2, 0.25) is 0 Å². The van der Waals surface area contributed by atoms with E-state index in [0.29, 0.717) is 18.1 Å². The number of carbonyl (C=O) groups is 1. The molecule has 4 rings (SSSR count). The predicted octanol–water partition coefficient (Wildman–Crippen LogP) is 6.25. The molecule has 0 saturated carbocycles. The standard InChI is InChI=1S/C25H26ClNO4/c1-16(28)7-3-2-4-8-17-15-30-25(31-24(17)19-9-5-6-10-23(19)29)21-14-27-22-12-11-18(26)13-20(21)22/h2,4-6,9-14,17,24-25,27,29H,3,7-8,15H2,1H3/b4-2-/t17-,24+,25+/m1/s1. The third-order valence-electron chi connectivity index (χ3n) is 5.60. The Hall–Kier alpha value is -2.60. The number of hydrogen-bond acceptors (Lipinski definition) is 4. The van der Waals surface area contributed by atoms with Gasteiger partial charge in [0.25, 0.3) is 0 Å². The van der Waals surface area contributed by atoms with Crippen molar-refractivity contribution in [3.63, 3.8) is 0 Å². The highest BCUT2D eigenvalue weighted by Crippen LogP contribution is 2.43. The second-order valence-electron chi connectivity index (χ2n) is 7.92. The van der Waals surface area contributed by atoms with Crippen LogP contribution in [-0.4, -0.2) is 22.5 Å². The summed E-state index contributed by atoms with van der Waals surface area (Å²) in [4.78, 5) is 14.4. The van der Waals surface area contributed by atoms with Gasteiger partial charge in [0.05, 0.1) is 12.7 Å². The molecule has 1 fully saturated rings. The number of ether oxygens (including phenoxy) is 2. The number of ketones is 1. The highest BCUT2D eigenvalue weighted by Gasteiger charge is 2.35. The molecular formula is C25H26ClNO4. The molecule has 5 nitrogen and oxygen atoms in total. The summed E-state index contributed by atoms with van der Waals surface area (Å²) in [5, 5.41) is 12.1. The van der Waals surface area contributed by atoms with Crippen molar-refractivity contribution >= 4 is 28.3 Å². The van der Waals surface area contributed by atoms with Crippen LogP contribution in [-0.2, 0) is 14.3 Å². The Morgan fingerprint density at radius 3 is 2.87 bits per heavy atom. The van der Waals surface area contributed by atoms with Crippen molar-refractivity contribution in [3.8, 4) is 5.75 Å². The normalized spacial score (nSPS) is 21.7. The number of Topliss-reactive ketones (excluding diaryl/α,β-unsaturated/α-hetero) is 1. The van der Waals surface area contributed by atoms with Gasteiger partial charge in [-0.1, -0.05) is 42.0 Å². The van der Waals surface area contributed by atoms with Gasteiger partial charge < -0.3 is 24.4 Å². The molecule has 2 N–H and O–H groups in total. The minimum absolute atomic E-state index is 0.0342. The fourth-order valence-electron chi connectivity index (χ4n) is 3.98. The molecule has 1 saturated heterocycles. The minimum Gasteiger partial charge on any atom is -0.508 e. The monoisotopic (exact) mass is 439 g/mol. The van der Waals surface area contributed by atoms with Gasteiger partial charge in [0.15, 0.2) is 6.29 Å². The molecule has 0 amide bonds. The first-order valence-corrected chi connectivity index (χ1v) is 10.9. The van der Waals surface area contributed by atoms with Gasteiger partial charge in [-0.05, 0) is 44.0 Å². The van der Waals surface area contributed by atoms with E-state index in [4.69, 9.17) is 21.1 Å². The minimum atomic E-state index is -0.574. The van der Waals surface area contributed by atoms with Gasteiger partial charge in [0.1, 0.15) is 11.5 Å². The lowest BCUT2D eigenvalue weighted by molar-refractivity contribution is -0.243. The van der Waals surface area contributed by atoms with E-state index in [1.165, 1.54) is 0 Å². The van der Waals surface area contributed by atoms with Crippen molar-refractivity contribution in [2.75, 3.05) is 6.61 Å². The number of aromatic amines is 1. The zero-order chi connectivity index (χ0) is 21.8. The molecule has 0 spiro atoms. The second kappa shape index (κ2) is 9.69. The van der Waals surface area contributed by atoms with Crippen LogP contribution >= 0.6 is 11.6 Å². The van der Waals surface area contributed by atoms with Gasteiger partial charge in [-0.15, -0.1) is 0 Å². The number of halogens is 1. The Bertz CT molecular complexity index is 1090. The van der Waals surface area contributed by atoms with E-state index in [1.807, 2.05) is 42.6 Å². The number of aromatic nitrogens is 1. The molecule has 3 atom stereocenters. The Kier molecular flexibility index (Phi) is 6.76. The Morgan fingerprint density at radius 2 is 2.06 bits per heavy atom. The van der Waals surface area contributed by atoms with Crippen molar-refractivity contribution in [3.05, 3.63) is 77.0 Å². The second-order valence-corrected chi connectivity index (χ2v) is 8.36. The summed E-state index contributed by atoms with van der Waals surface area (Å²) in [6, 6.07) is 12.9.